The number of rotatable bonds is 69. The molecular weight excluding hydrogens is 1060 g/mol. The number of unbranched alkanes of at least 4 members (excludes halogenated alkanes) is 50. The molecule has 0 saturated carbocycles. The monoisotopic (exact) mass is 1200 g/mol. The van der Waals surface area contributed by atoms with Gasteiger partial charge in [-0.15, -0.1) is 0 Å². The molecule has 0 bridgehead atoms. The van der Waals surface area contributed by atoms with Gasteiger partial charge in [0.25, 0.3) is 0 Å². The molecule has 0 aliphatic carbocycles. The lowest BCUT2D eigenvalue weighted by atomic mass is 10.0. The number of aliphatic hydroxyl groups is 1. The van der Waals surface area contributed by atoms with Gasteiger partial charge in [-0.25, -0.2) is 4.57 Å². The van der Waals surface area contributed by atoms with Crippen molar-refractivity contribution in [2.24, 2.45) is 0 Å². The van der Waals surface area contributed by atoms with E-state index in [1.165, 1.54) is 308 Å². The fraction of sp³-hybridized carbons (Fsp3) is 0.880. The Bertz CT molecular complexity index is 1510. The van der Waals surface area contributed by atoms with E-state index in [2.05, 4.69) is 55.6 Å². The maximum atomic E-state index is 13.1. The Morgan fingerprint density at radius 1 is 0.405 bits per heavy atom. The number of hydrogen-bond acceptors (Lipinski definition) is 5. The normalized spacial score (nSPS) is 13.8. The highest BCUT2D eigenvalue weighted by Crippen LogP contribution is 2.43. The van der Waals surface area contributed by atoms with Crippen LogP contribution in [0, 0.1) is 0 Å². The number of likely N-dealkylation sites (N-methyl/N-ethyl adjacent to an activating group) is 1. The van der Waals surface area contributed by atoms with Crippen LogP contribution in [0.4, 0.5) is 0 Å². The number of nitrogens with one attached hydrogen (secondary N) is 1. The molecule has 3 unspecified atom stereocenters. The predicted molar refractivity (Wildman–Crippen MR) is 369 cm³/mol. The summed E-state index contributed by atoms with van der Waals surface area (Å²) < 4.78 is 23.8. The summed E-state index contributed by atoms with van der Waals surface area (Å²) in [5.41, 5.74) is 0. The van der Waals surface area contributed by atoms with Gasteiger partial charge in [-0.3, -0.25) is 13.8 Å². The largest absolute Gasteiger partial charge is 0.472 e. The van der Waals surface area contributed by atoms with Gasteiger partial charge in [-0.05, 0) is 64.2 Å². The van der Waals surface area contributed by atoms with Gasteiger partial charge >= 0.3 is 7.82 Å². The number of allylic oxidation sites excluding steroid dienone is 7. The third-order valence-corrected chi connectivity index (χ3v) is 18.0. The van der Waals surface area contributed by atoms with E-state index in [-0.39, 0.29) is 19.1 Å². The van der Waals surface area contributed by atoms with Crippen LogP contribution in [0.1, 0.15) is 373 Å². The topological polar surface area (TPSA) is 105 Å². The Labute approximate surface area is 524 Å². The van der Waals surface area contributed by atoms with Crippen LogP contribution < -0.4 is 5.32 Å². The van der Waals surface area contributed by atoms with E-state index in [1.807, 2.05) is 27.2 Å². The molecule has 0 heterocycles. The van der Waals surface area contributed by atoms with E-state index in [4.69, 9.17) is 9.05 Å². The van der Waals surface area contributed by atoms with Gasteiger partial charge in [-0.2, -0.15) is 0 Å². The molecule has 84 heavy (non-hydrogen) atoms. The average Bonchev–Trinajstić information content (AvgIpc) is 3.56. The summed E-state index contributed by atoms with van der Waals surface area (Å²) in [6.07, 6.45) is 90.0. The van der Waals surface area contributed by atoms with Gasteiger partial charge in [0.15, 0.2) is 0 Å². The number of hydrogen-bond donors (Lipinski definition) is 3. The molecule has 1 amide bonds. The number of carbonyl (C=O) groups is 1. The first-order valence-corrected chi connectivity index (χ1v) is 38.5. The number of phosphoric ester groups is 1. The van der Waals surface area contributed by atoms with Crippen molar-refractivity contribution in [1.82, 2.24) is 5.32 Å². The van der Waals surface area contributed by atoms with Crippen molar-refractivity contribution in [3.8, 4) is 0 Å². The van der Waals surface area contributed by atoms with Crippen molar-refractivity contribution in [3.63, 3.8) is 0 Å². The van der Waals surface area contributed by atoms with Gasteiger partial charge in [0, 0.05) is 6.42 Å². The highest BCUT2D eigenvalue weighted by Gasteiger charge is 2.28. The Kier molecular flexibility index (Phi) is 64.7. The second kappa shape index (κ2) is 65.9. The number of phosphoric acid groups is 1. The zero-order valence-electron chi connectivity index (χ0n) is 56.9. The molecule has 8 nitrogen and oxygen atoms in total. The maximum Gasteiger partial charge on any atom is 0.472 e. The summed E-state index contributed by atoms with van der Waals surface area (Å²) in [5, 5.41) is 14.0. The van der Waals surface area contributed by atoms with Gasteiger partial charge < -0.3 is 19.8 Å². The molecule has 0 fully saturated rings. The second-order valence-corrected chi connectivity index (χ2v) is 28.1. The average molecular weight is 1200 g/mol. The Morgan fingerprint density at radius 2 is 0.690 bits per heavy atom. The smallest absolute Gasteiger partial charge is 0.387 e. The van der Waals surface area contributed by atoms with E-state index < -0.39 is 20.0 Å². The molecule has 0 spiro atoms. The van der Waals surface area contributed by atoms with Gasteiger partial charge in [0.05, 0.1) is 39.9 Å². The van der Waals surface area contributed by atoms with Gasteiger partial charge in [-0.1, -0.05) is 351 Å². The highest BCUT2D eigenvalue weighted by atomic mass is 31.2. The summed E-state index contributed by atoms with van der Waals surface area (Å²) in [7, 11) is 1.57. The molecule has 0 aromatic carbocycles. The molecule has 3 atom stereocenters. The zero-order valence-corrected chi connectivity index (χ0v) is 57.8. The van der Waals surface area contributed by atoms with Crippen LogP contribution in [0.2, 0.25) is 0 Å². The quantitative estimate of drug-likeness (QED) is 0.0243. The maximum absolute atomic E-state index is 13.1. The number of quaternary nitrogens is 1. The van der Waals surface area contributed by atoms with Crippen molar-refractivity contribution in [1.29, 1.82) is 0 Å². The van der Waals surface area contributed by atoms with E-state index >= 15 is 0 Å². The Morgan fingerprint density at radius 3 is 1.02 bits per heavy atom. The number of aliphatic hydroxyl groups excluding tert-OH is 1. The molecule has 3 N–H and O–H groups in total. The van der Waals surface area contributed by atoms with Crippen LogP contribution in [0.15, 0.2) is 48.6 Å². The SMILES string of the molecule is CCCCCCC/C=C\C/C=C\CCCCCCCCCCCCCCCCCCCCCC(=O)NC(COP(=O)(O)OCC[N+](C)(C)C)C(O)/C=C/CC/C=C/CCCCCCCCCCCCCCCCCCCCCCCCCCC. The van der Waals surface area contributed by atoms with Crippen LogP contribution in [0.25, 0.3) is 0 Å². The minimum absolute atomic E-state index is 0.0572. The first-order valence-electron chi connectivity index (χ1n) is 37.0. The zero-order chi connectivity index (χ0) is 61.2. The van der Waals surface area contributed by atoms with Crippen LogP contribution in [-0.4, -0.2) is 73.4 Å². The predicted octanol–water partition coefficient (Wildman–Crippen LogP) is 23.8. The van der Waals surface area contributed by atoms with E-state index in [1.54, 1.807) is 6.08 Å². The first kappa shape index (κ1) is 82.5. The summed E-state index contributed by atoms with van der Waals surface area (Å²) >= 11 is 0. The Balaban J connectivity index is 4.05. The number of nitrogens with zero attached hydrogens (tertiary/aromatic N) is 1. The van der Waals surface area contributed by atoms with Crippen LogP contribution in [0.3, 0.4) is 0 Å². The van der Waals surface area contributed by atoms with Crippen molar-refractivity contribution in [2.45, 2.75) is 386 Å². The highest BCUT2D eigenvalue weighted by molar-refractivity contribution is 7.47. The standard InChI is InChI=1S/C75H145N2O6P/c1-6-8-10-12-14-16-18-20-22-24-26-28-30-32-34-36-38-40-42-44-46-48-50-52-54-56-58-60-62-64-66-68-74(78)73(72-83-84(80,81)82-71-70-77(3,4)5)76-75(79)69-67-65-63-61-59-57-55-53-51-49-47-45-43-41-39-37-35-33-31-29-27-25-23-21-19-17-15-13-11-9-7-2/h19,21,25,27,58,60,66,68,73-74,78H,6-18,20,22-24,26,28-57,59,61-65,67,69-72H2,1-5H3,(H-,76,79,80,81)/p+1/b21-19-,27-25-,60-58+,68-66+. The van der Waals surface area contributed by atoms with Crippen molar-refractivity contribution >= 4 is 13.7 Å². The van der Waals surface area contributed by atoms with E-state index in [0.717, 1.165) is 44.9 Å². The molecule has 0 rings (SSSR count). The third-order valence-electron chi connectivity index (χ3n) is 17.0. The first-order chi connectivity index (χ1) is 41.0. The molecule has 0 aliphatic heterocycles. The minimum Gasteiger partial charge on any atom is -0.387 e. The molecule has 9 heteroatoms. The second-order valence-electron chi connectivity index (χ2n) is 26.7. The summed E-state index contributed by atoms with van der Waals surface area (Å²) in [6, 6.07) is -0.865. The molecular formula is C75H146N2O6P+. The molecule has 496 valence electrons. The lowest BCUT2D eigenvalue weighted by Gasteiger charge is -2.25. The summed E-state index contributed by atoms with van der Waals surface area (Å²) in [4.78, 5) is 23.4. The van der Waals surface area contributed by atoms with Crippen molar-refractivity contribution in [3.05, 3.63) is 48.6 Å². The fourth-order valence-corrected chi connectivity index (χ4v) is 12.0. The van der Waals surface area contributed by atoms with Crippen LogP contribution in [0.5, 0.6) is 0 Å². The molecule has 0 aliphatic rings. The number of amides is 1. The van der Waals surface area contributed by atoms with E-state index in [0.29, 0.717) is 17.4 Å². The summed E-state index contributed by atoms with van der Waals surface area (Å²) in [5.74, 6) is -0.180. The lowest BCUT2D eigenvalue weighted by molar-refractivity contribution is -0.870. The molecule has 0 saturated heterocycles. The number of carbonyl (C=O) groups excluding carboxylic acids is 1. The Hall–Kier alpha value is -1.54. The van der Waals surface area contributed by atoms with Crippen molar-refractivity contribution < 1.29 is 32.9 Å². The van der Waals surface area contributed by atoms with Gasteiger partial charge in [0.2, 0.25) is 5.91 Å². The van der Waals surface area contributed by atoms with Crippen LogP contribution in [-0.2, 0) is 18.4 Å². The molecule has 0 aromatic rings. The van der Waals surface area contributed by atoms with Gasteiger partial charge in [0.1, 0.15) is 13.2 Å². The molecule has 0 aromatic heterocycles. The van der Waals surface area contributed by atoms with Crippen LogP contribution >= 0.6 is 7.82 Å². The third kappa shape index (κ3) is 68.0. The fourth-order valence-electron chi connectivity index (χ4n) is 11.3. The lowest BCUT2D eigenvalue weighted by Crippen LogP contribution is -2.45. The van der Waals surface area contributed by atoms with Crippen molar-refractivity contribution in [2.75, 3.05) is 40.9 Å². The summed E-state index contributed by atoms with van der Waals surface area (Å²) in [6.45, 7) is 4.84. The van der Waals surface area contributed by atoms with E-state index in [9.17, 15) is 19.4 Å². The molecule has 0 radical (unpaired) electrons. The minimum atomic E-state index is -4.36.